The molecule has 2 aromatic rings. The first-order chi connectivity index (χ1) is 14.4. The summed E-state index contributed by atoms with van der Waals surface area (Å²) in [7, 11) is -4.25. The lowest BCUT2D eigenvalue weighted by atomic mass is 9.92. The summed E-state index contributed by atoms with van der Waals surface area (Å²) in [5, 5.41) is 0. The maximum absolute atomic E-state index is 13.5. The van der Waals surface area contributed by atoms with Crippen molar-refractivity contribution in [2.75, 3.05) is 22.8 Å². The van der Waals surface area contributed by atoms with Gasteiger partial charge in [0.05, 0.1) is 21.7 Å². The Morgan fingerprint density at radius 3 is 2.39 bits per heavy atom. The van der Waals surface area contributed by atoms with Crippen LogP contribution in [-0.4, -0.2) is 27.5 Å². The quantitative estimate of drug-likeness (QED) is 0.697. The van der Waals surface area contributed by atoms with Crippen molar-refractivity contribution < 1.29 is 26.7 Å². The molecule has 1 aliphatic heterocycles. The largest absolute Gasteiger partial charge is 0.490 e. The average Bonchev–Trinajstić information content (AvgIpc) is 2.74. The van der Waals surface area contributed by atoms with E-state index in [1.165, 1.54) is 12.1 Å². The van der Waals surface area contributed by atoms with Crippen LogP contribution in [0.3, 0.4) is 0 Å². The molecule has 31 heavy (non-hydrogen) atoms. The topological polar surface area (TPSA) is 75.7 Å². The second-order valence-corrected chi connectivity index (χ2v) is 10.4. The van der Waals surface area contributed by atoms with Crippen LogP contribution in [0.15, 0.2) is 41.3 Å². The van der Waals surface area contributed by atoms with Gasteiger partial charge in [0.15, 0.2) is 0 Å². The number of nitrogens with zero attached hydrogens (tertiary/aromatic N) is 1. The van der Waals surface area contributed by atoms with Crippen LogP contribution in [0.4, 0.5) is 20.2 Å². The predicted octanol–water partition coefficient (Wildman–Crippen LogP) is 4.56. The Balaban J connectivity index is 1.99. The minimum absolute atomic E-state index is 0.126. The van der Waals surface area contributed by atoms with Gasteiger partial charge in [-0.25, -0.2) is 17.2 Å². The van der Waals surface area contributed by atoms with Gasteiger partial charge in [0, 0.05) is 12.6 Å². The minimum Gasteiger partial charge on any atom is -0.490 e. The number of fused-ring (bicyclic) bond motifs is 1. The molecule has 0 saturated heterocycles. The highest BCUT2D eigenvalue weighted by Gasteiger charge is 2.37. The summed E-state index contributed by atoms with van der Waals surface area (Å²) in [5.74, 6) is -1.30. The van der Waals surface area contributed by atoms with Crippen LogP contribution < -0.4 is 14.4 Å². The second-order valence-electron chi connectivity index (χ2n) is 8.71. The van der Waals surface area contributed by atoms with E-state index in [9.17, 15) is 22.0 Å². The van der Waals surface area contributed by atoms with Crippen LogP contribution in [0.25, 0.3) is 0 Å². The normalized spacial score (nSPS) is 16.0. The minimum atomic E-state index is -4.25. The number of halogens is 2. The second kappa shape index (κ2) is 8.45. The molecule has 1 aliphatic rings. The van der Waals surface area contributed by atoms with Crippen LogP contribution in [0.2, 0.25) is 0 Å². The molecule has 9 heteroatoms. The highest BCUT2D eigenvalue weighted by molar-refractivity contribution is 7.92. The Bertz CT molecular complexity index is 1080. The molecule has 0 radical (unpaired) electrons. The summed E-state index contributed by atoms with van der Waals surface area (Å²) in [5.41, 5.74) is -0.162. The van der Waals surface area contributed by atoms with Crippen molar-refractivity contribution in [3.8, 4) is 5.75 Å². The fraction of sp³-hybridized carbons (Fsp3) is 0.409. The lowest BCUT2D eigenvalue weighted by molar-refractivity contribution is -0.127. The van der Waals surface area contributed by atoms with Crippen LogP contribution in [0, 0.1) is 23.0 Å². The Kier molecular flexibility index (Phi) is 6.27. The molecular weight excluding hydrogens is 426 g/mol. The zero-order valence-corrected chi connectivity index (χ0v) is 18.7. The summed E-state index contributed by atoms with van der Waals surface area (Å²) in [6, 6.07) is 6.63. The van der Waals surface area contributed by atoms with E-state index in [0.717, 1.165) is 18.6 Å². The SMILES string of the molecule is CC(C)CCN1C(=O)C(C)(C)COc2ccc(NS(=O)(=O)c3cc(F)cc(F)c3)cc21. The summed E-state index contributed by atoms with van der Waals surface area (Å²) >= 11 is 0. The molecule has 1 heterocycles. The van der Waals surface area contributed by atoms with Gasteiger partial charge in [0.25, 0.3) is 10.0 Å². The first kappa shape index (κ1) is 23.0. The number of rotatable bonds is 6. The van der Waals surface area contributed by atoms with E-state index in [-0.39, 0.29) is 18.2 Å². The molecule has 0 atom stereocenters. The number of carbonyl (C=O) groups excluding carboxylic acids is 1. The van der Waals surface area contributed by atoms with Crippen LogP contribution in [0.1, 0.15) is 34.1 Å². The third-order valence-electron chi connectivity index (χ3n) is 4.99. The van der Waals surface area contributed by atoms with Crippen LogP contribution >= 0.6 is 0 Å². The number of sulfonamides is 1. The van der Waals surface area contributed by atoms with Crippen molar-refractivity contribution in [2.45, 2.75) is 39.0 Å². The van der Waals surface area contributed by atoms with Crippen molar-refractivity contribution in [3.63, 3.8) is 0 Å². The van der Waals surface area contributed by atoms with Crippen LogP contribution in [0.5, 0.6) is 5.75 Å². The molecule has 0 fully saturated rings. The van der Waals surface area contributed by atoms with Gasteiger partial charge in [-0.3, -0.25) is 9.52 Å². The maximum Gasteiger partial charge on any atom is 0.262 e. The third-order valence-corrected chi connectivity index (χ3v) is 6.35. The summed E-state index contributed by atoms with van der Waals surface area (Å²) < 4.78 is 60.4. The van der Waals surface area contributed by atoms with Gasteiger partial charge in [0.1, 0.15) is 24.0 Å². The highest BCUT2D eigenvalue weighted by atomic mass is 32.2. The molecular formula is C22H26F2N2O4S. The highest BCUT2D eigenvalue weighted by Crippen LogP contribution is 2.39. The summed E-state index contributed by atoms with van der Waals surface area (Å²) in [6.07, 6.45) is 0.750. The molecule has 0 aromatic heterocycles. The maximum atomic E-state index is 13.5. The van der Waals surface area contributed by atoms with Crippen molar-refractivity contribution >= 4 is 27.3 Å². The Morgan fingerprint density at radius 1 is 1.13 bits per heavy atom. The molecule has 3 rings (SSSR count). The number of anilines is 2. The fourth-order valence-corrected chi connectivity index (χ4v) is 4.31. The number of carbonyl (C=O) groups is 1. The zero-order valence-electron chi connectivity index (χ0n) is 17.9. The van der Waals surface area contributed by atoms with E-state index in [2.05, 4.69) is 4.72 Å². The van der Waals surface area contributed by atoms with Gasteiger partial charge < -0.3 is 9.64 Å². The number of nitrogens with one attached hydrogen (secondary N) is 1. The van der Waals surface area contributed by atoms with E-state index in [1.807, 2.05) is 13.8 Å². The molecule has 6 nitrogen and oxygen atoms in total. The summed E-state index contributed by atoms with van der Waals surface area (Å²) in [4.78, 5) is 14.2. The fourth-order valence-electron chi connectivity index (χ4n) is 3.22. The lowest BCUT2D eigenvalue weighted by Crippen LogP contribution is -2.42. The number of hydrogen-bond acceptors (Lipinski definition) is 4. The van der Waals surface area contributed by atoms with Gasteiger partial charge in [0.2, 0.25) is 5.91 Å². The smallest absolute Gasteiger partial charge is 0.262 e. The third kappa shape index (κ3) is 5.15. The first-order valence-corrected chi connectivity index (χ1v) is 11.4. The van der Waals surface area contributed by atoms with Crippen molar-refractivity contribution in [3.05, 3.63) is 48.0 Å². The molecule has 0 aliphatic carbocycles. The van der Waals surface area contributed by atoms with Gasteiger partial charge in [-0.1, -0.05) is 13.8 Å². The first-order valence-electron chi connectivity index (χ1n) is 9.97. The lowest BCUT2D eigenvalue weighted by Gasteiger charge is -2.28. The van der Waals surface area contributed by atoms with Crippen molar-refractivity contribution in [1.29, 1.82) is 0 Å². The van der Waals surface area contributed by atoms with E-state index in [1.54, 1.807) is 24.8 Å². The molecule has 0 spiro atoms. The molecule has 1 amide bonds. The van der Waals surface area contributed by atoms with Crippen LogP contribution in [-0.2, 0) is 14.8 Å². The number of ether oxygens (including phenoxy) is 1. The monoisotopic (exact) mass is 452 g/mol. The number of hydrogen-bond donors (Lipinski definition) is 1. The molecule has 1 N–H and O–H groups in total. The zero-order chi connectivity index (χ0) is 23.0. The summed E-state index contributed by atoms with van der Waals surface area (Å²) in [6.45, 7) is 8.32. The van der Waals surface area contributed by atoms with E-state index in [4.69, 9.17) is 4.74 Å². The molecule has 0 unspecified atom stereocenters. The molecule has 0 bridgehead atoms. The number of benzene rings is 2. The average molecular weight is 453 g/mol. The van der Waals surface area contributed by atoms with Gasteiger partial charge in [-0.05, 0) is 56.5 Å². The Hall–Kier alpha value is -2.68. The molecule has 0 saturated carbocycles. The van der Waals surface area contributed by atoms with Crippen molar-refractivity contribution in [2.24, 2.45) is 11.3 Å². The van der Waals surface area contributed by atoms with Gasteiger partial charge in [-0.2, -0.15) is 0 Å². The van der Waals surface area contributed by atoms with E-state index in [0.29, 0.717) is 30.0 Å². The van der Waals surface area contributed by atoms with Gasteiger partial charge >= 0.3 is 0 Å². The standard InChI is InChI=1S/C22H26F2N2O4S/c1-14(2)7-8-26-19-12-17(5-6-20(19)30-13-22(3,4)21(26)27)25-31(28,29)18-10-15(23)9-16(24)11-18/h5-6,9-12,14,25H,7-8,13H2,1-4H3. The molecule has 2 aromatic carbocycles. The van der Waals surface area contributed by atoms with Gasteiger partial charge in [-0.15, -0.1) is 0 Å². The molecule has 168 valence electrons. The predicted molar refractivity (Wildman–Crippen MR) is 115 cm³/mol. The Morgan fingerprint density at radius 2 is 1.77 bits per heavy atom. The van der Waals surface area contributed by atoms with Crippen molar-refractivity contribution in [1.82, 2.24) is 0 Å². The van der Waals surface area contributed by atoms with E-state index >= 15 is 0 Å². The number of amides is 1. The Labute approximate surface area is 181 Å². The van der Waals surface area contributed by atoms with E-state index < -0.39 is 32.0 Å².